The van der Waals surface area contributed by atoms with Crippen LogP contribution in [0.4, 0.5) is 16.2 Å². The highest BCUT2D eigenvalue weighted by molar-refractivity contribution is 6.00. The summed E-state index contributed by atoms with van der Waals surface area (Å²) in [7, 11) is 3.10. The third kappa shape index (κ3) is 4.00. The number of carbonyl (C=O) groups excluding carboxylic acids is 1. The summed E-state index contributed by atoms with van der Waals surface area (Å²) in [5.74, 6) is 1.86. The van der Waals surface area contributed by atoms with E-state index in [4.69, 9.17) is 9.47 Å². The third-order valence-corrected chi connectivity index (χ3v) is 4.44. The van der Waals surface area contributed by atoms with Crippen molar-refractivity contribution in [2.45, 2.75) is 6.92 Å². The molecule has 152 valence electrons. The second-order valence-electron chi connectivity index (χ2n) is 6.50. The Hall–Kier alpha value is -4.14. The van der Waals surface area contributed by atoms with Gasteiger partial charge in [0.1, 0.15) is 11.5 Å². The number of nitrogens with zero attached hydrogens (tertiary/aromatic N) is 4. The van der Waals surface area contributed by atoms with E-state index in [1.54, 1.807) is 43.0 Å². The average molecular weight is 404 g/mol. The number of ether oxygens (including phenoxy) is 2. The molecule has 2 aromatic carbocycles. The summed E-state index contributed by atoms with van der Waals surface area (Å²) in [5.41, 5.74) is 3.45. The van der Waals surface area contributed by atoms with E-state index in [-0.39, 0.29) is 6.03 Å². The van der Waals surface area contributed by atoms with Crippen molar-refractivity contribution in [3.8, 4) is 22.8 Å². The molecule has 2 amide bonds. The fourth-order valence-electron chi connectivity index (χ4n) is 2.98. The van der Waals surface area contributed by atoms with Crippen LogP contribution >= 0.6 is 0 Å². The van der Waals surface area contributed by atoms with E-state index >= 15 is 0 Å². The maximum atomic E-state index is 12.5. The smallest absolute Gasteiger partial charge is 0.323 e. The number of rotatable bonds is 5. The van der Waals surface area contributed by atoms with Gasteiger partial charge in [-0.05, 0) is 31.2 Å². The molecule has 0 spiro atoms. The van der Waals surface area contributed by atoms with Crippen LogP contribution in [0.5, 0.6) is 11.5 Å². The summed E-state index contributed by atoms with van der Waals surface area (Å²) < 4.78 is 12.1. The molecule has 4 aromatic rings. The zero-order valence-corrected chi connectivity index (χ0v) is 16.7. The van der Waals surface area contributed by atoms with E-state index < -0.39 is 0 Å². The molecule has 4 rings (SSSR count). The van der Waals surface area contributed by atoms with E-state index in [1.807, 2.05) is 37.3 Å². The van der Waals surface area contributed by atoms with Crippen molar-refractivity contribution >= 4 is 23.1 Å². The molecule has 0 atom stereocenters. The molecule has 9 heteroatoms. The maximum Gasteiger partial charge on any atom is 0.323 e. The second kappa shape index (κ2) is 8.08. The average Bonchev–Trinajstić information content (AvgIpc) is 3.13. The van der Waals surface area contributed by atoms with Crippen LogP contribution in [0.15, 0.2) is 54.6 Å². The van der Waals surface area contributed by atoms with Gasteiger partial charge >= 0.3 is 6.03 Å². The van der Waals surface area contributed by atoms with E-state index in [2.05, 4.69) is 25.9 Å². The normalized spacial score (nSPS) is 10.6. The number of anilines is 2. The van der Waals surface area contributed by atoms with Crippen molar-refractivity contribution in [3.63, 3.8) is 0 Å². The highest BCUT2D eigenvalue weighted by atomic mass is 16.5. The van der Waals surface area contributed by atoms with Gasteiger partial charge in [0.05, 0.1) is 19.9 Å². The number of hydrogen-bond donors (Lipinski definition) is 2. The molecule has 0 bridgehead atoms. The Balaban J connectivity index is 1.52. The zero-order chi connectivity index (χ0) is 21.1. The van der Waals surface area contributed by atoms with Crippen molar-refractivity contribution in [1.82, 2.24) is 19.8 Å². The van der Waals surface area contributed by atoms with Crippen LogP contribution in [0.2, 0.25) is 0 Å². The Morgan fingerprint density at radius 2 is 1.63 bits per heavy atom. The molecule has 9 nitrogen and oxygen atoms in total. The first-order chi connectivity index (χ1) is 14.6. The van der Waals surface area contributed by atoms with Crippen LogP contribution in [-0.2, 0) is 0 Å². The summed E-state index contributed by atoms with van der Waals surface area (Å²) >= 11 is 0. The lowest BCUT2D eigenvalue weighted by Crippen LogP contribution is -2.19. The van der Waals surface area contributed by atoms with Crippen molar-refractivity contribution in [2.75, 3.05) is 24.9 Å². The maximum absolute atomic E-state index is 12.5. The van der Waals surface area contributed by atoms with Crippen molar-refractivity contribution in [1.29, 1.82) is 0 Å². The predicted molar refractivity (Wildman–Crippen MR) is 113 cm³/mol. The first-order valence-electron chi connectivity index (χ1n) is 9.16. The Morgan fingerprint density at radius 3 is 2.37 bits per heavy atom. The fourth-order valence-corrected chi connectivity index (χ4v) is 2.98. The lowest BCUT2D eigenvalue weighted by atomic mass is 10.1. The number of aromatic nitrogens is 4. The molecule has 0 aliphatic rings. The minimum atomic E-state index is -0.388. The highest BCUT2D eigenvalue weighted by Crippen LogP contribution is 2.26. The molecule has 0 aliphatic heterocycles. The first kappa shape index (κ1) is 19.2. The minimum Gasteiger partial charge on any atom is -0.497 e. The Morgan fingerprint density at radius 1 is 0.900 bits per heavy atom. The summed E-state index contributed by atoms with van der Waals surface area (Å²) in [6, 6.07) is 15.9. The Labute approximate surface area is 172 Å². The Bertz CT molecular complexity index is 1200. The zero-order valence-electron chi connectivity index (χ0n) is 16.7. The van der Waals surface area contributed by atoms with E-state index in [0.29, 0.717) is 34.3 Å². The molecule has 2 aromatic heterocycles. The predicted octanol–water partition coefficient (Wildman–Crippen LogP) is 3.76. The topological polar surface area (TPSA) is 103 Å². The van der Waals surface area contributed by atoms with Crippen LogP contribution in [0.3, 0.4) is 0 Å². The molecule has 0 unspecified atom stereocenters. The number of carbonyl (C=O) groups is 1. The number of aryl methyl sites for hydroxylation is 1. The number of methoxy groups -OCH3 is 2. The molecule has 0 aliphatic carbocycles. The molecule has 0 saturated carbocycles. The van der Waals surface area contributed by atoms with Crippen LogP contribution in [0, 0.1) is 6.92 Å². The van der Waals surface area contributed by atoms with E-state index in [0.717, 1.165) is 11.3 Å². The molecule has 2 N–H and O–H groups in total. The summed E-state index contributed by atoms with van der Waals surface area (Å²) in [5, 5.41) is 18.2. The number of fused-ring (bicyclic) bond motifs is 1. The SMILES string of the molecule is COc1cc(NC(=O)Nc2cccc(-c3ccc4nnc(C)n4n3)c2)cc(OC)c1. The second-order valence-corrected chi connectivity index (χ2v) is 6.50. The lowest BCUT2D eigenvalue weighted by Gasteiger charge is -2.11. The van der Waals surface area contributed by atoms with Gasteiger partial charge in [0.15, 0.2) is 11.5 Å². The van der Waals surface area contributed by atoms with Crippen molar-refractivity contribution in [3.05, 3.63) is 60.4 Å². The number of nitrogens with one attached hydrogen (secondary N) is 2. The quantitative estimate of drug-likeness (QED) is 0.525. The van der Waals surface area contributed by atoms with Gasteiger partial charge in [-0.15, -0.1) is 10.2 Å². The van der Waals surface area contributed by atoms with Crippen LogP contribution in [0.1, 0.15) is 5.82 Å². The van der Waals surface area contributed by atoms with Gasteiger partial charge in [0.25, 0.3) is 0 Å². The molecule has 0 radical (unpaired) electrons. The van der Waals surface area contributed by atoms with E-state index in [1.165, 1.54) is 0 Å². The van der Waals surface area contributed by atoms with Gasteiger partial charge in [-0.3, -0.25) is 0 Å². The standard InChI is InChI=1S/C21H20N6O3/c1-13-24-25-20-8-7-19(26-27(13)20)14-5-4-6-15(9-14)22-21(28)23-16-10-17(29-2)12-18(11-16)30-3/h4-12H,1-3H3,(H2,22,23,28). The monoisotopic (exact) mass is 404 g/mol. The highest BCUT2D eigenvalue weighted by Gasteiger charge is 2.09. The van der Waals surface area contributed by atoms with Gasteiger partial charge in [0, 0.05) is 35.1 Å². The molecular formula is C21H20N6O3. The molecule has 2 heterocycles. The van der Waals surface area contributed by atoms with Crippen LogP contribution in [0.25, 0.3) is 16.9 Å². The number of amides is 2. The van der Waals surface area contributed by atoms with Gasteiger partial charge in [0.2, 0.25) is 0 Å². The van der Waals surface area contributed by atoms with Gasteiger partial charge in [-0.25, -0.2) is 4.79 Å². The summed E-state index contributed by atoms with van der Waals surface area (Å²) in [6.07, 6.45) is 0. The van der Waals surface area contributed by atoms with Gasteiger partial charge in [-0.2, -0.15) is 9.61 Å². The summed E-state index contributed by atoms with van der Waals surface area (Å²) in [6.45, 7) is 1.84. The van der Waals surface area contributed by atoms with Crippen molar-refractivity contribution < 1.29 is 14.3 Å². The molecule has 0 saturated heterocycles. The number of benzene rings is 2. The van der Waals surface area contributed by atoms with Crippen molar-refractivity contribution in [2.24, 2.45) is 0 Å². The largest absolute Gasteiger partial charge is 0.497 e. The first-order valence-corrected chi connectivity index (χ1v) is 9.16. The van der Waals surface area contributed by atoms with Crippen LogP contribution < -0.4 is 20.1 Å². The molecule has 30 heavy (non-hydrogen) atoms. The number of urea groups is 1. The number of hydrogen-bond acceptors (Lipinski definition) is 6. The summed E-state index contributed by atoms with van der Waals surface area (Å²) in [4.78, 5) is 12.5. The van der Waals surface area contributed by atoms with Crippen LogP contribution in [-0.4, -0.2) is 40.1 Å². The molecule has 0 fully saturated rings. The van der Waals surface area contributed by atoms with E-state index in [9.17, 15) is 4.79 Å². The van der Waals surface area contributed by atoms with Gasteiger partial charge in [-0.1, -0.05) is 12.1 Å². The van der Waals surface area contributed by atoms with Gasteiger partial charge < -0.3 is 20.1 Å². The minimum absolute atomic E-state index is 0.388. The molecular weight excluding hydrogens is 384 g/mol. The Kier molecular flexibility index (Phi) is 5.17. The fraction of sp³-hybridized carbons (Fsp3) is 0.143. The lowest BCUT2D eigenvalue weighted by molar-refractivity contribution is 0.262. The third-order valence-electron chi connectivity index (χ3n) is 4.44.